The molecule has 1 aromatic rings. The summed E-state index contributed by atoms with van der Waals surface area (Å²) in [6.45, 7) is 4.51. The van der Waals surface area contributed by atoms with E-state index in [1.165, 1.54) is 16.4 Å². The maximum atomic E-state index is 13.0. The predicted molar refractivity (Wildman–Crippen MR) is 115 cm³/mol. The molecular weight excluding hydrogens is 436 g/mol. The van der Waals surface area contributed by atoms with Crippen LogP contribution in [0.15, 0.2) is 23.1 Å². The highest BCUT2D eigenvalue weighted by atomic mass is 32.2. The lowest BCUT2D eigenvalue weighted by Gasteiger charge is -2.32. The Morgan fingerprint density at radius 2 is 1.78 bits per heavy atom. The zero-order chi connectivity index (χ0) is 22.7. The second-order valence-corrected chi connectivity index (χ2v) is 10.6. The van der Waals surface area contributed by atoms with Crippen LogP contribution in [-0.2, 0) is 24.3 Å². The summed E-state index contributed by atoms with van der Waals surface area (Å²) in [5, 5.41) is 0. The molecule has 32 heavy (non-hydrogen) atoms. The Bertz CT molecular complexity index is 957. The SMILES string of the molecule is C[C@H]1CCCN(C(=O)COC(=O)C2CCN(S(=O)(=O)c3ccc4c(c3)OCCO4)CC2)C1. The molecule has 0 aromatic heterocycles. The highest BCUT2D eigenvalue weighted by molar-refractivity contribution is 7.89. The number of benzene rings is 1. The number of esters is 1. The minimum Gasteiger partial charge on any atom is -0.486 e. The van der Waals surface area contributed by atoms with E-state index in [0.29, 0.717) is 56.6 Å². The van der Waals surface area contributed by atoms with Crippen LogP contribution in [0.4, 0.5) is 0 Å². The van der Waals surface area contributed by atoms with Gasteiger partial charge in [-0.3, -0.25) is 9.59 Å². The number of piperidine rings is 2. The van der Waals surface area contributed by atoms with E-state index < -0.39 is 21.9 Å². The van der Waals surface area contributed by atoms with Gasteiger partial charge < -0.3 is 19.1 Å². The van der Waals surface area contributed by atoms with Gasteiger partial charge in [-0.05, 0) is 43.7 Å². The molecule has 3 aliphatic heterocycles. The van der Waals surface area contributed by atoms with Gasteiger partial charge in [0.05, 0.1) is 10.8 Å². The summed E-state index contributed by atoms with van der Waals surface area (Å²) >= 11 is 0. The smallest absolute Gasteiger partial charge is 0.309 e. The van der Waals surface area contributed by atoms with Crippen LogP contribution in [0.5, 0.6) is 11.5 Å². The zero-order valence-corrected chi connectivity index (χ0v) is 19.1. The van der Waals surface area contributed by atoms with Crippen molar-refractivity contribution in [3.8, 4) is 11.5 Å². The lowest BCUT2D eigenvalue weighted by Crippen LogP contribution is -2.43. The van der Waals surface area contributed by atoms with Gasteiger partial charge in [0.1, 0.15) is 13.2 Å². The first-order chi connectivity index (χ1) is 15.3. The fraction of sp³-hybridized carbons (Fsp3) is 0.636. The average molecular weight is 467 g/mol. The number of fused-ring (bicyclic) bond motifs is 1. The molecule has 1 aromatic carbocycles. The number of ether oxygens (including phenoxy) is 3. The lowest BCUT2D eigenvalue weighted by molar-refractivity contribution is -0.157. The zero-order valence-electron chi connectivity index (χ0n) is 18.3. The maximum absolute atomic E-state index is 13.0. The molecule has 10 heteroatoms. The van der Waals surface area contributed by atoms with Crippen molar-refractivity contribution in [1.82, 2.24) is 9.21 Å². The maximum Gasteiger partial charge on any atom is 0.309 e. The summed E-state index contributed by atoms with van der Waals surface area (Å²) in [5.74, 6) is 0.413. The lowest BCUT2D eigenvalue weighted by atomic mass is 9.98. The van der Waals surface area contributed by atoms with Crippen molar-refractivity contribution >= 4 is 21.9 Å². The number of rotatable bonds is 5. The third-order valence-electron chi connectivity index (χ3n) is 6.29. The molecular formula is C22H30N2O7S. The summed E-state index contributed by atoms with van der Waals surface area (Å²) in [5.41, 5.74) is 0. The number of nitrogens with zero attached hydrogens (tertiary/aromatic N) is 2. The molecule has 0 bridgehead atoms. The van der Waals surface area contributed by atoms with E-state index >= 15 is 0 Å². The van der Waals surface area contributed by atoms with Crippen LogP contribution in [0.2, 0.25) is 0 Å². The Balaban J connectivity index is 1.28. The van der Waals surface area contributed by atoms with Gasteiger partial charge in [0.15, 0.2) is 18.1 Å². The predicted octanol–water partition coefficient (Wildman–Crippen LogP) is 1.66. The van der Waals surface area contributed by atoms with Crippen molar-refractivity contribution < 1.29 is 32.2 Å². The average Bonchev–Trinajstić information content (AvgIpc) is 2.82. The normalized spacial score (nSPS) is 22.4. The molecule has 3 heterocycles. The van der Waals surface area contributed by atoms with Crippen LogP contribution in [0, 0.1) is 11.8 Å². The quantitative estimate of drug-likeness (QED) is 0.608. The standard InChI is InChI=1S/C22H30N2O7S/c1-16-3-2-8-23(14-16)21(25)15-31-22(26)17-6-9-24(10-7-17)32(27,28)18-4-5-19-20(13-18)30-12-11-29-19/h4-5,13,16-17H,2-3,6-12,14-15H2,1H3/t16-/m0/s1. The number of hydrogen-bond donors (Lipinski definition) is 0. The van der Waals surface area contributed by atoms with Crippen molar-refractivity contribution in [1.29, 1.82) is 0 Å². The first-order valence-electron chi connectivity index (χ1n) is 11.2. The van der Waals surface area contributed by atoms with Gasteiger partial charge in [0, 0.05) is 32.2 Å². The number of sulfonamides is 1. The molecule has 2 fully saturated rings. The Morgan fingerprint density at radius 3 is 2.50 bits per heavy atom. The molecule has 176 valence electrons. The van der Waals surface area contributed by atoms with Crippen molar-refractivity contribution in [3.05, 3.63) is 18.2 Å². The van der Waals surface area contributed by atoms with Gasteiger partial charge in [0.25, 0.3) is 5.91 Å². The Labute approximate surface area is 188 Å². The molecule has 0 N–H and O–H groups in total. The second kappa shape index (κ2) is 9.66. The Kier molecular flexibility index (Phi) is 6.90. The van der Waals surface area contributed by atoms with Gasteiger partial charge in [-0.15, -0.1) is 0 Å². The molecule has 0 spiro atoms. The summed E-state index contributed by atoms with van der Waals surface area (Å²) in [7, 11) is -3.71. The summed E-state index contributed by atoms with van der Waals surface area (Å²) < 4.78 is 43.6. The molecule has 0 saturated carbocycles. The molecule has 9 nitrogen and oxygen atoms in total. The van der Waals surface area contributed by atoms with Gasteiger partial charge in [-0.2, -0.15) is 4.31 Å². The van der Waals surface area contributed by atoms with Gasteiger partial charge >= 0.3 is 5.97 Å². The molecule has 2 saturated heterocycles. The van der Waals surface area contributed by atoms with E-state index in [9.17, 15) is 18.0 Å². The first-order valence-corrected chi connectivity index (χ1v) is 12.6. The Morgan fingerprint density at radius 1 is 1.06 bits per heavy atom. The minimum absolute atomic E-state index is 0.143. The molecule has 1 amide bonds. The summed E-state index contributed by atoms with van der Waals surface area (Å²) in [6, 6.07) is 4.60. The van der Waals surface area contributed by atoms with Crippen molar-refractivity contribution in [2.24, 2.45) is 11.8 Å². The molecule has 0 unspecified atom stereocenters. The van der Waals surface area contributed by atoms with E-state index in [2.05, 4.69) is 6.92 Å². The third kappa shape index (κ3) is 5.01. The third-order valence-corrected chi connectivity index (χ3v) is 8.18. The summed E-state index contributed by atoms with van der Waals surface area (Å²) in [4.78, 5) is 26.7. The van der Waals surface area contributed by atoms with E-state index in [1.807, 2.05) is 0 Å². The van der Waals surface area contributed by atoms with Gasteiger partial charge in [0.2, 0.25) is 10.0 Å². The van der Waals surface area contributed by atoms with Crippen molar-refractivity contribution in [2.45, 2.75) is 37.5 Å². The van der Waals surface area contributed by atoms with Crippen LogP contribution in [0.1, 0.15) is 32.6 Å². The largest absolute Gasteiger partial charge is 0.486 e. The van der Waals surface area contributed by atoms with Gasteiger partial charge in [-0.1, -0.05) is 6.92 Å². The molecule has 3 aliphatic rings. The second-order valence-electron chi connectivity index (χ2n) is 8.68. The highest BCUT2D eigenvalue weighted by Gasteiger charge is 2.34. The van der Waals surface area contributed by atoms with Crippen molar-refractivity contribution in [2.75, 3.05) is 46.0 Å². The number of carbonyl (C=O) groups is 2. The van der Waals surface area contributed by atoms with Crippen LogP contribution >= 0.6 is 0 Å². The fourth-order valence-electron chi connectivity index (χ4n) is 4.42. The number of hydrogen-bond acceptors (Lipinski definition) is 7. The van der Waals surface area contributed by atoms with Crippen LogP contribution in [-0.4, -0.2) is 75.5 Å². The first kappa shape index (κ1) is 22.8. The topological polar surface area (TPSA) is 102 Å². The number of amides is 1. The molecule has 0 aliphatic carbocycles. The number of carbonyl (C=O) groups excluding carboxylic acids is 2. The van der Waals surface area contributed by atoms with E-state index in [0.717, 1.165) is 12.8 Å². The van der Waals surface area contributed by atoms with E-state index in [1.54, 1.807) is 11.0 Å². The molecule has 4 rings (SSSR count). The van der Waals surface area contributed by atoms with E-state index in [-0.39, 0.29) is 30.5 Å². The number of likely N-dealkylation sites (tertiary alicyclic amines) is 1. The summed E-state index contributed by atoms with van der Waals surface area (Å²) in [6.07, 6.45) is 2.80. The van der Waals surface area contributed by atoms with Crippen LogP contribution in [0.3, 0.4) is 0 Å². The minimum atomic E-state index is -3.71. The molecule has 1 atom stereocenters. The highest BCUT2D eigenvalue weighted by Crippen LogP contribution is 2.34. The Hall–Kier alpha value is -2.33. The van der Waals surface area contributed by atoms with Crippen molar-refractivity contribution in [3.63, 3.8) is 0 Å². The fourth-order valence-corrected chi connectivity index (χ4v) is 5.91. The van der Waals surface area contributed by atoms with Gasteiger partial charge in [-0.25, -0.2) is 8.42 Å². The molecule has 0 radical (unpaired) electrons. The van der Waals surface area contributed by atoms with Crippen LogP contribution in [0.25, 0.3) is 0 Å². The monoisotopic (exact) mass is 466 g/mol. The van der Waals surface area contributed by atoms with Crippen LogP contribution < -0.4 is 9.47 Å². The van der Waals surface area contributed by atoms with E-state index in [4.69, 9.17) is 14.2 Å².